The van der Waals surface area contributed by atoms with E-state index < -0.39 is 0 Å². The first-order chi connectivity index (χ1) is 10.1. The number of nitrogens with zero attached hydrogens (tertiary/aromatic N) is 3. The first-order valence-corrected chi connectivity index (χ1v) is 8.50. The SMILES string of the molecule is CCC1CCC(CN)C(c2c(Cl)cnn2CCN(C)C)C1. The monoisotopic (exact) mass is 312 g/mol. The molecule has 120 valence electrons. The van der Waals surface area contributed by atoms with Crippen LogP contribution in [0.3, 0.4) is 0 Å². The van der Waals surface area contributed by atoms with Gasteiger partial charge in [-0.25, -0.2) is 0 Å². The lowest BCUT2D eigenvalue weighted by Crippen LogP contribution is -2.31. The lowest BCUT2D eigenvalue weighted by atomic mass is 9.72. The largest absolute Gasteiger partial charge is 0.330 e. The van der Waals surface area contributed by atoms with Crippen LogP contribution in [0, 0.1) is 11.8 Å². The van der Waals surface area contributed by atoms with Crippen molar-refractivity contribution in [3.8, 4) is 0 Å². The molecule has 1 saturated carbocycles. The van der Waals surface area contributed by atoms with Crippen LogP contribution >= 0.6 is 11.6 Å². The van der Waals surface area contributed by atoms with Gasteiger partial charge in [-0.05, 0) is 45.3 Å². The molecule has 0 radical (unpaired) electrons. The van der Waals surface area contributed by atoms with Gasteiger partial charge in [0.15, 0.2) is 0 Å². The summed E-state index contributed by atoms with van der Waals surface area (Å²) in [4.78, 5) is 2.18. The Balaban J connectivity index is 2.22. The highest BCUT2D eigenvalue weighted by Crippen LogP contribution is 2.43. The Labute approximate surface area is 133 Å². The number of rotatable bonds is 6. The Kier molecular flexibility index (Phi) is 6.08. The average molecular weight is 313 g/mol. The van der Waals surface area contributed by atoms with E-state index >= 15 is 0 Å². The molecule has 21 heavy (non-hydrogen) atoms. The van der Waals surface area contributed by atoms with E-state index in [1.165, 1.54) is 31.4 Å². The molecule has 3 unspecified atom stereocenters. The van der Waals surface area contributed by atoms with E-state index in [0.29, 0.717) is 11.8 Å². The minimum absolute atomic E-state index is 0.464. The van der Waals surface area contributed by atoms with E-state index in [0.717, 1.165) is 30.6 Å². The molecule has 2 rings (SSSR count). The number of hydrogen-bond donors (Lipinski definition) is 1. The lowest BCUT2D eigenvalue weighted by molar-refractivity contribution is 0.225. The molecule has 0 saturated heterocycles. The van der Waals surface area contributed by atoms with Crippen molar-refractivity contribution in [1.82, 2.24) is 14.7 Å². The maximum Gasteiger partial charge on any atom is 0.0820 e. The van der Waals surface area contributed by atoms with E-state index in [9.17, 15) is 0 Å². The van der Waals surface area contributed by atoms with E-state index in [-0.39, 0.29) is 0 Å². The molecule has 0 spiro atoms. The van der Waals surface area contributed by atoms with Crippen LogP contribution < -0.4 is 5.73 Å². The van der Waals surface area contributed by atoms with Gasteiger partial charge in [-0.2, -0.15) is 5.10 Å². The quantitative estimate of drug-likeness (QED) is 0.878. The molecule has 1 aromatic rings. The van der Waals surface area contributed by atoms with Crippen LogP contribution in [0.5, 0.6) is 0 Å². The summed E-state index contributed by atoms with van der Waals surface area (Å²) >= 11 is 6.47. The second kappa shape index (κ2) is 7.61. The number of hydrogen-bond acceptors (Lipinski definition) is 3. The normalized spacial score (nSPS) is 26.5. The fourth-order valence-electron chi connectivity index (χ4n) is 3.52. The number of halogens is 1. The predicted octanol–water partition coefficient (Wildman–Crippen LogP) is 2.97. The highest BCUT2D eigenvalue weighted by molar-refractivity contribution is 6.31. The third kappa shape index (κ3) is 3.99. The van der Waals surface area contributed by atoms with Crippen molar-refractivity contribution in [2.24, 2.45) is 17.6 Å². The molecule has 3 atom stereocenters. The Morgan fingerprint density at radius 3 is 2.81 bits per heavy atom. The molecule has 0 aromatic carbocycles. The van der Waals surface area contributed by atoms with Crippen LogP contribution in [-0.4, -0.2) is 41.9 Å². The molecule has 0 amide bonds. The first-order valence-electron chi connectivity index (χ1n) is 8.12. The number of nitrogens with two attached hydrogens (primary N) is 1. The van der Waals surface area contributed by atoms with Gasteiger partial charge in [0.1, 0.15) is 0 Å². The summed E-state index contributed by atoms with van der Waals surface area (Å²) in [5, 5.41) is 5.31. The predicted molar refractivity (Wildman–Crippen MR) is 88.7 cm³/mol. The molecule has 4 nitrogen and oxygen atoms in total. The minimum Gasteiger partial charge on any atom is -0.330 e. The zero-order chi connectivity index (χ0) is 15.4. The van der Waals surface area contributed by atoms with Crippen molar-refractivity contribution in [3.05, 3.63) is 16.9 Å². The number of aromatic nitrogens is 2. The molecule has 5 heteroatoms. The summed E-state index contributed by atoms with van der Waals surface area (Å²) in [6.07, 6.45) is 6.77. The molecule has 1 aliphatic rings. The minimum atomic E-state index is 0.464. The summed E-state index contributed by atoms with van der Waals surface area (Å²) in [7, 11) is 4.17. The van der Waals surface area contributed by atoms with Crippen LogP contribution in [0.4, 0.5) is 0 Å². The molecule has 1 heterocycles. The van der Waals surface area contributed by atoms with Crippen molar-refractivity contribution in [1.29, 1.82) is 0 Å². The van der Waals surface area contributed by atoms with Crippen molar-refractivity contribution in [3.63, 3.8) is 0 Å². The third-order valence-corrected chi connectivity index (χ3v) is 5.22. The maximum absolute atomic E-state index is 6.47. The van der Waals surface area contributed by atoms with Gasteiger partial charge >= 0.3 is 0 Å². The van der Waals surface area contributed by atoms with Crippen LogP contribution in [0.1, 0.15) is 44.2 Å². The van der Waals surface area contributed by atoms with Crippen LogP contribution in [0.25, 0.3) is 0 Å². The van der Waals surface area contributed by atoms with Crippen molar-refractivity contribution in [2.45, 2.75) is 45.1 Å². The maximum atomic E-state index is 6.47. The van der Waals surface area contributed by atoms with Gasteiger partial charge in [-0.15, -0.1) is 0 Å². The Bertz CT molecular complexity index is 443. The number of likely N-dealkylation sites (N-methyl/N-ethyl adjacent to an activating group) is 1. The standard InChI is InChI=1S/C16H29ClN4/c1-4-12-5-6-13(10-18)14(9-12)16-15(17)11-19-21(16)8-7-20(2)3/h11-14H,4-10,18H2,1-3H3. The summed E-state index contributed by atoms with van der Waals surface area (Å²) in [6, 6.07) is 0. The van der Waals surface area contributed by atoms with Gasteiger partial charge in [0.05, 0.1) is 23.5 Å². The van der Waals surface area contributed by atoms with Gasteiger partial charge in [0.2, 0.25) is 0 Å². The van der Waals surface area contributed by atoms with Crippen molar-refractivity contribution < 1.29 is 0 Å². The smallest absolute Gasteiger partial charge is 0.0820 e. The zero-order valence-corrected chi connectivity index (χ0v) is 14.3. The Morgan fingerprint density at radius 2 is 2.19 bits per heavy atom. The fraction of sp³-hybridized carbons (Fsp3) is 0.812. The van der Waals surface area contributed by atoms with Gasteiger partial charge in [0.25, 0.3) is 0 Å². The molecule has 2 N–H and O–H groups in total. The van der Waals surface area contributed by atoms with E-state index in [2.05, 4.69) is 35.7 Å². The fourth-order valence-corrected chi connectivity index (χ4v) is 3.80. The molecule has 1 aromatic heterocycles. The zero-order valence-electron chi connectivity index (χ0n) is 13.6. The molecule has 1 aliphatic carbocycles. The highest BCUT2D eigenvalue weighted by Gasteiger charge is 2.33. The van der Waals surface area contributed by atoms with Gasteiger partial charge in [-0.3, -0.25) is 4.68 Å². The topological polar surface area (TPSA) is 47.1 Å². The summed E-state index contributed by atoms with van der Waals surface area (Å²) < 4.78 is 2.10. The summed E-state index contributed by atoms with van der Waals surface area (Å²) in [5.41, 5.74) is 7.24. The first kappa shape index (κ1) is 16.8. The molecule has 0 aliphatic heterocycles. The van der Waals surface area contributed by atoms with Crippen LogP contribution in [-0.2, 0) is 6.54 Å². The Hall–Kier alpha value is -0.580. The van der Waals surface area contributed by atoms with Crippen LogP contribution in [0.2, 0.25) is 5.02 Å². The van der Waals surface area contributed by atoms with E-state index in [1.54, 1.807) is 6.20 Å². The molecular weight excluding hydrogens is 284 g/mol. The van der Waals surface area contributed by atoms with Crippen molar-refractivity contribution >= 4 is 11.6 Å². The lowest BCUT2D eigenvalue weighted by Gasteiger charge is -2.36. The van der Waals surface area contributed by atoms with E-state index in [1.807, 2.05) is 0 Å². The van der Waals surface area contributed by atoms with Gasteiger partial charge < -0.3 is 10.6 Å². The van der Waals surface area contributed by atoms with E-state index in [4.69, 9.17) is 17.3 Å². The second-order valence-electron chi connectivity index (χ2n) is 6.59. The molecular formula is C16H29ClN4. The average Bonchev–Trinajstić information content (AvgIpc) is 2.85. The van der Waals surface area contributed by atoms with Gasteiger partial charge in [-0.1, -0.05) is 31.4 Å². The third-order valence-electron chi connectivity index (χ3n) is 4.93. The highest BCUT2D eigenvalue weighted by atomic mass is 35.5. The molecule has 0 bridgehead atoms. The van der Waals surface area contributed by atoms with Gasteiger partial charge in [0, 0.05) is 12.5 Å². The summed E-state index contributed by atoms with van der Waals surface area (Å²) in [5.74, 6) is 1.80. The second-order valence-corrected chi connectivity index (χ2v) is 7.00. The summed E-state index contributed by atoms with van der Waals surface area (Å²) in [6.45, 7) is 4.90. The van der Waals surface area contributed by atoms with Crippen LogP contribution in [0.15, 0.2) is 6.20 Å². The Morgan fingerprint density at radius 1 is 1.43 bits per heavy atom. The molecule has 1 fully saturated rings. The van der Waals surface area contributed by atoms with Crippen molar-refractivity contribution in [2.75, 3.05) is 27.2 Å².